The molecule has 0 fully saturated rings. The highest BCUT2D eigenvalue weighted by atomic mass is 14.9. The number of hydrogen-bond acceptors (Lipinski definition) is 1. The topological polar surface area (TPSA) is 12.0 Å². The lowest BCUT2D eigenvalue weighted by Crippen LogP contribution is -2.04. The number of benzene rings is 6. The Morgan fingerprint density at radius 2 is 1.13 bits per heavy atom. The predicted molar refractivity (Wildman–Crippen MR) is 237 cm³/mol. The highest BCUT2D eigenvalue weighted by Crippen LogP contribution is 2.32. The lowest BCUT2D eigenvalue weighted by atomic mass is 9.93. The van der Waals surface area contributed by atoms with Crippen molar-refractivity contribution in [2.24, 2.45) is 0 Å². The normalized spacial score (nSPS) is 11.7. The second-order valence-electron chi connectivity index (χ2n) is 13.0. The summed E-state index contributed by atoms with van der Waals surface area (Å²) < 4.78 is 0. The zero-order valence-electron chi connectivity index (χ0n) is 31.5. The van der Waals surface area contributed by atoms with Crippen LogP contribution >= 0.6 is 0 Å². The Kier molecular flexibility index (Phi) is 13.0. The third-order valence-corrected chi connectivity index (χ3v) is 9.37. The van der Waals surface area contributed by atoms with Crippen LogP contribution in [0.3, 0.4) is 0 Å². The molecule has 0 unspecified atom stereocenters. The van der Waals surface area contributed by atoms with E-state index in [1.807, 2.05) is 69.3 Å². The van der Waals surface area contributed by atoms with Crippen molar-refractivity contribution in [1.29, 1.82) is 0 Å². The fourth-order valence-electron chi connectivity index (χ4n) is 6.19. The van der Waals surface area contributed by atoms with Gasteiger partial charge in [0.15, 0.2) is 0 Å². The number of hydrogen-bond donors (Lipinski definition) is 1. The van der Waals surface area contributed by atoms with E-state index in [2.05, 4.69) is 160 Å². The van der Waals surface area contributed by atoms with Gasteiger partial charge >= 0.3 is 0 Å². The lowest BCUT2D eigenvalue weighted by Gasteiger charge is -2.19. The quantitative estimate of drug-likeness (QED) is 0.134. The molecule has 0 aliphatic carbocycles. The van der Waals surface area contributed by atoms with Gasteiger partial charge in [0, 0.05) is 16.9 Å². The van der Waals surface area contributed by atoms with Crippen LogP contribution in [-0.4, -0.2) is 0 Å². The van der Waals surface area contributed by atoms with Gasteiger partial charge in [0.25, 0.3) is 0 Å². The third kappa shape index (κ3) is 9.47. The zero-order valence-corrected chi connectivity index (χ0v) is 31.5. The van der Waals surface area contributed by atoms with Gasteiger partial charge in [0.1, 0.15) is 0 Å². The maximum absolute atomic E-state index is 4.17. The minimum Gasteiger partial charge on any atom is -0.355 e. The molecule has 0 saturated carbocycles. The van der Waals surface area contributed by atoms with Gasteiger partial charge in [0.05, 0.1) is 0 Å². The molecule has 1 N–H and O–H groups in total. The Balaban J connectivity index is 0.000000231. The molecule has 0 amide bonds. The number of nitrogens with one attached hydrogen (secondary N) is 1. The van der Waals surface area contributed by atoms with Crippen LogP contribution in [0.2, 0.25) is 0 Å². The van der Waals surface area contributed by atoms with Gasteiger partial charge in [-0.1, -0.05) is 171 Å². The van der Waals surface area contributed by atoms with E-state index in [1.165, 1.54) is 44.2 Å². The van der Waals surface area contributed by atoms with Gasteiger partial charge in [-0.15, -0.1) is 0 Å². The second kappa shape index (κ2) is 18.2. The van der Waals surface area contributed by atoms with Gasteiger partial charge in [0.2, 0.25) is 0 Å². The minimum atomic E-state index is 1.03. The maximum Gasteiger partial charge on any atom is 0.0496 e. The van der Waals surface area contributed by atoms with Crippen LogP contribution in [0.1, 0.15) is 49.9 Å². The average Bonchev–Trinajstić information content (AvgIpc) is 3.21. The van der Waals surface area contributed by atoms with E-state index in [9.17, 15) is 0 Å². The Bertz CT molecular complexity index is 2330. The third-order valence-electron chi connectivity index (χ3n) is 9.37. The first kappa shape index (κ1) is 37.8. The van der Waals surface area contributed by atoms with E-state index >= 15 is 0 Å². The van der Waals surface area contributed by atoms with E-state index in [0.29, 0.717) is 0 Å². The number of anilines is 1. The molecule has 6 rings (SSSR count). The van der Waals surface area contributed by atoms with E-state index in [1.54, 1.807) is 0 Å². The molecule has 1 nitrogen and oxygen atoms in total. The lowest BCUT2D eigenvalue weighted by molar-refractivity contribution is 1.34. The molecule has 0 atom stereocenters. The molecule has 1 heteroatoms. The van der Waals surface area contributed by atoms with Gasteiger partial charge in [-0.2, -0.15) is 0 Å². The fraction of sp³-hybridized carbons (Fsp3) is 0.0769. The standard InChI is InChI=1S/C32H29N.C20H20/c1-5-25-22-29(28-18-16-27(17-19-28)26-12-8-6-9-13-26)20-21-31(25)32(24(4)23(2)3)33-30-14-10-7-11-15-30;1-5-8-15(4)17-9-10-20-14-18(16(6-2)7-3)11-12-19(20)13-17/h5-22,33H,1-2H2,3-4H3;5-14H,2,4H2,1,3H3/b32-24-;8-5-,16-7+. The van der Waals surface area contributed by atoms with Gasteiger partial charge in [-0.3, -0.25) is 0 Å². The van der Waals surface area contributed by atoms with E-state index in [0.717, 1.165) is 44.8 Å². The first-order valence-electron chi connectivity index (χ1n) is 18.0. The summed E-state index contributed by atoms with van der Waals surface area (Å²) in [4.78, 5) is 0. The molecule has 6 aromatic rings. The molecule has 0 aliphatic heterocycles. The van der Waals surface area contributed by atoms with Crippen molar-refractivity contribution in [1.82, 2.24) is 0 Å². The Morgan fingerprint density at radius 1 is 0.585 bits per heavy atom. The first-order valence-corrected chi connectivity index (χ1v) is 18.0. The van der Waals surface area contributed by atoms with Crippen molar-refractivity contribution in [3.63, 3.8) is 0 Å². The minimum absolute atomic E-state index is 1.03. The molecule has 0 aliphatic rings. The fourth-order valence-corrected chi connectivity index (χ4v) is 6.19. The Morgan fingerprint density at radius 3 is 1.70 bits per heavy atom. The summed E-state index contributed by atoms with van der Waals surface area (Å²) in [5, 5.41) is 6.08. The van der Waals surface area contributed by atoms with Crippen LogP contribution < -0.4 is 5.32 Å². The summed E-state index contributed by atoms with van der Waals surface area (Å²) in [7, 11) is 0. The van der Waals surface area contributed by atoms with Crippen molar-refractivity contribution >= 4 is 39.4 Å². The number of rotatable bonds is 11. The Labute approximate surface area is 317 Å². The first-order chi connectivity index (χ1) is 25.8. The van der Waals surface area contributed by atoms with Crippen LogP contribution in [0, 0.1) is 0 Å². The maximum atomic E-state index is 4.17. The summed E-state index contributed by atoms with van der Waals surface area (Å²) in [6.07, 6.45) is 9.94. The van der Waals surface area contributed by atoms with Crippen molar-refractivity contribution < 1.29 is 0 Å². The zero-order chi connectivity index (χ0) is 37.7. The molecule has 262 valence electrons. The number of fused-ring (bicyclic) bond motifs is 1. The SMILES string of the molecule is C=C/C(=C\C)c1ccc2cc(C(=C)/C=C\C)ccc2c1.C=Cc1cc(-c2ccc(-c3ccccc3)cc2)ccc1/C(Nc1ccccc1)=C(\C)C(=C)C. The predicted octanol–water partition coefficient (Wildman–Crippen LogP) is 15.1. The van der Waals surface area contributed by atoms with Gasteiger partial charge < -0.3 is 5.32 Å². The molecule has 0 spiro atoms. The number of para-hydroxylation sites is 1. The molecular formula is C52H49N. The van der Waals surface area contributed by atoms with Crippen molar-refractivity contribution in [3.8, 4) is 22.3 Å². The van der Waals surface area contributed by atoms with Crippen LogP contribution in [0.5, 0.6) is 0 Å². The molecule has 0 aromatic heterocycles. The summed E-state index contributed by atoms with van der Waals surface area (Å²) in [5.74, 6) is 0. The summed E-state index contributed by atoms with van der Waals surface area (Å²) in [6, 6.07) is 48.9. The van der Waals surface area contributed by atoms with E-state index in [4.69, 9.17) is 0 Å². The molecule has 0 bridgehead atoms. The molecule has 0 saturated heterocycles. The van der Waals surface area contributed by atoms with Crippen LogP contribution in [-0.2, 0) is 0 Å². The molecule has 6 aromatic carbocycles. The molecule has 0 radical (unpaired) electrons. The van der Waals surface area contributed by atoms with E-state index in [-0.39, 0.29) is 0 Å². The van der Waals surface area contributed by atoms with Crippen molar-refractivity contribution in [2.75, 3.05) is 5.32 Å². The summed E-state index contributed by atoms with van der Waals surface area (Å²) >= 11 is 0. The average molecular weight is 688 g/mol. The second-order valence-corrected chi connectivity index (χ2v) is 13.0. The van der Waals surface area contributed by atoms with Crippen LogP contribution in [0.25, 0.3) is 55.9 Å². The van der Waals surface area contributed by atoms with Crippen molar-refractivity contribution in [3.05, 3.63) is 224 Å². The Hall–Kier alpha value is -6.44. The highest BCUT2D eigenvalue weighted by Gasteiger charge is 2.13. The summed E-state index contributed by atoms with van der Waals surface area (Å²) in [6.45, 7) is 24.4. The van der Waals surface area contributed by atoms with Crippen molar-refractivity contribution in [2.45, 2.75) is 27.7 Å². The van der Waals surface area contributed by atoms with E-state index < -0.39 is 0 Å². The van der Waals surface area contributed by atoms with Gasteiger partial charge in [-0.25, -0.2) is 0 Å². The monoisotopic (exact) mass is 687 g/mol. The molecular weight excluding hydrogens is 639 g/mol. The summed E-state index contributed by atoms with van der Waals surface area (Å²) in [5.41, 5.74) is 15.8. The molecule has 0 heterocycles. The largest absolute Gasteiger partial charge is 0.355 e. The van der Waals surface area contributed by atoms with Crippen LogP contribution in [0.15, 0.2) is 201 Å². The van der Waals surface area contributed by atoms with Gasteiger partial charge in [-0.05, 0) is 124 Å². The van der Waals surface area contributed by atoms with Crippen LogP contribution in [0.4, 0.5) is 5.69 Å². The molecule has 53 heavy (non-hydrogen) atoms. The number of allylic oxidation sites excluding steroid dienone is 8. The highest BCUT2D eigenvalue weighted by molar-refractivity contribution is 5.91. The smallest absolute Gasteiger partial charge is 0.0496 e.